The van der Waals surface area contributed by atoms with Gasteiger partial charge < -0.3 is 10.2 Å². The summed E-state index contributed by atoms with van der Waals surface area (Å²) < 4.78 is 0. The van der Waals surface area contributed by atoms with Crippen molar-refractivity contribution >= 4 is 0 Å². The number of nitrogens with zero attached hydrogens (tertiary/aromatic N) is 2. The second-order valence-corrected chi connectivity index (χ2v) is 4.34. The zero-order valence-electron chi connectivity index (χ0n) is 8.63. The highest BCUT2D eigenvalue weighted by Gasteiger charge is 2.23. The van der Waals surface area contributed by atoms with Crippen LogP contribution in [0, 0.1) is 0 Å². The first-order valence-corrected chi connectivity index (χ1v) is 5.49. The van der Waals surface area contributed by atoms with E-state index in [-0.39, 0.29) is 0 Å². The van der Waals surface area contributed by atoms with Crippen LogP contribution in [0.5, 0.6) is 0 Å². The molecule has 2 heterocycles. The van der Waals surface area contributed by atoms with Gasteiger partial charge in [0.05, 0.1) is 0 Å². The lowest BCUT2D eigenvalue weighted by Crippen LogP contribution is -2.39. The molecule has 0 aromatic heterocycles. The van der Waals surface area contributed by atoms with Gasteiger partial charge in [-0.25, -0.2) is 0 Å². The maximum absolute atomic E-state index is 3.45. The SMILES string of the molecule is CN1CCCN([C@H]2CCNC2)CC1. The van der Waals surface area contributed by atoms with E-state index in [1.165, 1.54) is 52.1 Å². The molecular formula is C10H21N3. The molecule has 0 bridgehead atoms. The van der Waals surface area contributed by atoms with Gasteiger partial charge in [-0.05, 0) is 39.5 Å². The summed E-state index contributed by atoms with van der Waals surface area (Å²) in [6.07, 6.45) is 2.69. The first-order valence-electron chi connectivity index (χ1n) is 5.49. The van der Waals surface area contributed by atoms with Gasteiger partial charge in [-0.3, -0.25) is 4.90 Å². The Hall–Kier alpha value is -0.120. The molecule has 2 rings (SSSR count). The van der Waals surface area contributed by atoms with Gasteiger partial charge in [0, 0.05) is 25.7 Å². The molecule has 0 amide bonds. The average Bonchev–Trinajstić information content (AvgIpc) is 2.56. The highest BCUT2D eigenvalue weighted by Crippen LogP contribution is 2.11. The predicted molar refractivity (Wildman–Crippen MR) is 55.0 cm³/mol. The monoisotopic (exact) mass is 183 g/mol. The Morgan fingerprint density at radius 3 is 2.85 bits per heavy atom. The number of nitrogens with one attached hydrogen (secondary N) is 1. The van der Waals surface area contributed by atoms with Crippen molar-refractivity contribution in [2.24, 2.45) is 0 Å². The Morgan fingerprint density at radius 2 is 2.08 bits per heavy atom. The summed E-state index contributed by atoms with van der Waals surface area (Å²) in [6.45, 7) is 7.52. The van der Waals surface area contributed by atoms with E-state index in [2.05, 4.69) is 22.2 Å². The number of rotatable bonds is 1. The Morgan fingerprint density at radius 1 is 1.15 bits per heavy atom. The molecular weight excluding hydrogens is 162 g/mol. The number of hydrogen-bond acceptors (Lipinski definition) is 3. The molecule has 0 spiro atoms. The normalized spacial score (nSPS) is 33.5. The standard InChI is InChI=1S/C10H21N3/c1-12-5-2-6-13(8-7-12)10-3-4-11-9-10/h10-11H,2-9H2,1H3/t10-/m0/s1. The molecule has 0 unspecified atom stereocenters. The maximum Gasteiger partial charge on any atom is 0.0233 e. The van der Waals surface area contributed by atoms with Crippen molar-refractivity contribution in [1.82, 2.24) is 15.1 Å². The van der Waals surface area contributed by atoms with E-state index in [4.69, 9.17) is 0 Å². The zero-order chi connectivity index (χ0) is 9.10. The van der Waals surface area contributed by atoms with Gasteiger partial charge in [0.25, 0.3) is 0 Å². The molecule has 0 aliphatic carbocycles. The van der Waals surface area contributed by atoms with Crippen molar-refractivity contribution in [3.8, 4) is 0 Å². The summed E-state index contributed by atoms with van der Waals surface area (Å²) in [5, 5.41) is 3.45. The Bertz CT molecular complexity index is 154. The van der Waals surface area contributed by atoms with E-state index in [0.717, 1.165) is 6.04 Å². The molecule has 3 nitrogen and oxygen atoms in total. The molecule has 0 radical (unpaired) electrons. The van der Waals surface area contributed by atoms with Crippen LogP contribution in [0.25, 0.3) is 0 Å². The minimum absolute atomic E-state index is 0.825. The average molecular weight is 183 g/mol. The molecule has 76 valence electrons. The van der Waals surface area contributed by atoms with Gasteiger partial charge in [-0.1, -0.05) is 0 Å². The summed E-state index contributed by atoms with van der Waals surface area (Å²) in [6, 6.07) is 0.825. The fraction of sp³-hybridized carbons (Fsp3) is 1.00. The van der Waals surface area contributed by atoms with Crippen LogP contribution in [0.1, 0.15) is 12.8 Å². The first kappa shape index (κ1) is 9.44. The van der Waals surface area contributed by atoms with Crippen LogP contribution in [0.3, 0.4) is 0 Å². The zero-order valence-corrected chi connectivity index (χ0v) is 8.63. The molecule has 1 atom stereocenters. The molecule has 0 aromatic carbocycles. The van der Waals surface area contributed by atoms with Crippen molar-refractivity contribution in [2.45, 2.75) is 18.9 Å². The lowest BCUT2D eigenvalue weighted by molar-refractivity contribution is 0.214. The summed E-state index contributed by atoms with van der Waals surface area (Å²) in [4.78, 5) is 5.12. The Balaban J connectivity index is 1.84. The van der Waals surface area contributed by atoms with Gasteiger partial charge >= 0.3 is 0 Å². The van der Waals surface area contributed by atoms with Crippen LogP contribution in [-0.2, 0) is 0 Å². The molecule has 1 N–H and O–H groups in total. The van der Waals surface area contributed by atoms with Gasteiger partial charge in [0.2, 0.25) is 0 Å². The third-order valence-electron chi connectivity index (χ3n) is 3.30. The quantitative estimate of drug-likeness (QED) is 0.616. The van der Waals surface area contributed by atoms with Crippen LogP contribution < -0.4 is 5.32 Å². The molecule has 13 heavy (non-hydrogen) atoms. The Kier molecular flexibility index (Phi) is 3.19. The largest absolute Gasteiger partial charge is 0.315 e. The van der Waals surface area contributed by atoms with Crippen molar-refractivity contribution in [2.75, 3.05) is 46.3 Å². The lowest BCUT2D eigenvalue weighted by atomic mass is 10.2. The summed E-state index contributed by atoms with van der Waals surface area (Å²) in [5.41, 5.74) is 0. The smallest absolute Gasteiger partial charge is 0.0233 e. The minimum atomic E-state index is 0.825. The van der Waals surface area contributed by atoms with Gasteiger partial charge in [0.15, 0.2) is 0 Å². The fourth-order valence-corrected chi connectivity index (χ4v) is 2.38. The van der Waals surface area contributed by atoms with Crippen LogP contribution in [-0.4, -0.2) is 62.2 Å². The molecule has 0 saturated carbocycles. The molecule has 2 fully saturated rings. The second kappa shape index (κ2) is 4.40. The highest BCUT2D eigenvalue weighted by molar-refractivity contribution is 4.82. The van der Waals surface area contributed by atoms with Crippen LogP contribution in [0.4, 0.5) is 0 Å². The van der Waals surface area contributed by atoms with E-state index in [0.29, 0.717) is 0 Å². The molecule has 0 aromatic rings. The second-order valence-electron chi connectivity index (χ2n) is 4.34. The summed E-state index contributed by atoms with van der Waals surface area (Å²) in [7, 11) is 2.23. The van der Waals surface area contributed by atoms with Crippen molar-refractivity contribution in [3.05, 3.63) is 0 Å². The first-order chi connectivity index (χ1) is 6.36. The lowest BCUT2D eigenvalue weighted by Gasteiger charge is -2.26. The van der Waals surface area contributed by atoms with E-state index < -0.39 is 0 Å². The molecule has 2 saturated heterocycles. The molecule has 2 aliphatic rings. The van der Waals surface area contributed by atoms with Crippen molar-refractivity contribution in [1.29, 1.82) is 0 Å². The van der Waals surface area contributed by atoms with Crippen LogP contribution in [0.2, 0.25) is 0 Å². The van der Waals surface area contributed by atoms with E-state index in [1.807, 2.05) is 0 Å². The fourth-order valence-electron chi connectivity index (χ4n) is 2.38. The molecule has 3 heteroatoms. The van der Waals surface area contributed by atoms with Gasteiger partial charge in [-0.2, -0.15) is 0 Å². The number of likely N-dealkylation sites (N-methyl/N-ethyl adjacent to an activating group) is 1. The van der Waals surface area contributed by atoms with Crippen LogP contribution >= 0.6 is 0 Å². The summed E-state index contributed by atoms with van der Waals surface area (Å²) in [5.74, 6) is 0. The van der Waals surface area contributed by atoms with Gasteiger partial charge in [0.1, 0.15) is 0 Å². The number of hydrogen-bond donors (Lipinski definition) is 1. The molecule has 2 aliphatic heterocycles. The van der Waals surface area contributed by atoms with E-state index in [1.54, 1.807) is 0 Å². The van der Waals surface area contributed by atoms with E-state index >= 15 is 0 Å². The van der Waals surface area contributed by atoms with E-state index in [9.17, 15) is 0 Å². The van der Waals surface area contributed by atoms with Crippen LogP contribution in [0.15, 0.2) is 0 Å². The summed E-state index contributed by atoms with van der Waals surface area (Å²) >= 11 is 0. The minimum Gasteiger partial charge on any atom is -0.315 e. The third-order valence-corrected chi connectivity index (χ3v) is 3.30. The topological polar surface area (TPSA) is 18.5 Å². The highest BCUT2D eigenvalue weighted by atomic mass is 15.2. The Labute approximate surface area is 81.1 Å². The predicted octanol–water partition coefficient (Wildman–Crippen LogP) is -0.0142. The van der Waals surface area contributed by atoms with Crippen molar-refractivity contribution in [3.63, 3.8) is 0 Å². The van der Waals surface area contributed by atoms with Crippen molar-refractivity contribution < 1.29 is 0 Å². The van der Waals surface area contributed by atoms with Gasteiger partial charge in [-0.15, -0.1) is 0 Å². The maximum atomic E-state index is 3.45. The third kappa shape index (κ3) is 2.42.